The molecule has 0 radical (unpaired) electrons. The Morgan fingerprint density at radius 3 is 1.03 bits per heavy atom. The van der Waals surface area contributed by atoms with Crippen molar-refractivity contribution in [3.8, 4) is 0 Å². The molecule has 0 fully saturated rings. The number of hydrogen-bond acceptors (Lipinski definition) is 5. The quantitative estimate of drug-likeness (QED) is 0.105. The van der Waals surface area contributed by atoms with Crippen molar-refractivity contribution in [2.75, 3.05) is 26.4 Å². The van der Waals surface area contributed by atoms with Gasteiger partial charge in [-0.1, -0.05) is 123 Å². The topological polar surface area (TPSA) is 61.8 Å². The summed E-state index contributed by atoms with van der Waals surface area (Å²) in [7, 11) is 0. The van der Waals surface area contributed by atoms with Crippen LogP contribution in [0.5, 0.6) is 0 Å². The van der Waals surface area contributed by atoms with E-state index in [0.29, 0.717) is 13.2 Å². The molecule has 32 heavy (non-hydrogen) atoms. The molecule has 5 heteroatoms. The van der Waals surface area contributed by atoms with Gasteiger partial charge in [0.2, 0.25) is 0 Å². The monoisotopic (exact) mass is 456 g/mol. The van der Waals surface area contributed by atoms with E-state index in [-0.39, 0.29) is 13.2 Å². The van der Waals surface area contributed by atoms with Crippen molar-refractivity contribution in [3.05, 3.63) is 0 Å². The number of rotatable bonds is 25. The Kier molecular flexibility index (Phi) is 25.3. The van der Waals surface area contributed by atoms with Crippen molar-refractivity contribution in [1.82, 2.24) is 0 Å². The average molecular weight is 457 g/mol. The Labute approximate surface area is 198 Å². The first-order chi connectivity index (χ1) is 15.7. The molecule has 0 atom stereocenters. The van der Waals surface area contributed by atoms with Gasteiger partial charge in [0.25, 0.3) is 0 Å². The van der Waals surface area contributed by atoms with Gasteiger partial charge >= 0.3 is 11.9 Å². The van der Waals surface area contributed by atoms with Crippen molar-refractivity contribution in [1.29, 1.82) is 0 Å². The van der Waals surface area contributed by atoms with Crippen LogP contribution in [0.1, 0.15) is 136 Å². The number of carbonyl (C=O) groups excluding carboxylic acids is 2. The summed E-state index contributed by atoms with van der Waals surface area (Å²) in [5.74, 6) is -0.822. The molecule has 190 valence electrons. The predicted octanol–water partition coefficient (Wildman–Crippen LogP) is 7.54. The van der Waals surface area contributed by atoms with Gasteiger partial charge in [0.05, 0.1) is 13.2 Å². The molecular formula is C27H52O5. The van der Waals surface area contributed by atoms with Crippen LogP contribution >= 0.6 is 0 Å². The molecule has 0 saturated carbocycles. The maximum atomic E-state index is 11.6. The Hall–Kier alpha value is -1.10. The van der Waals surface area contributed by atoms with Crippen LogP contribution in [0.15, 0.2) is 0 Å². The second-order valence-corrected chi connectivity index (χ2v) is 8.94. The Balaban J connectivity index is 3.28. The fraction of sp³-hybridized carbons (Fsp3) is 0.926. The number of ether oxygens (including phenoxy) is 3. The molecule has 0 aromatic heterocycles. The number of carbonyl (C=O) groups is 2. The average Bonchev–Trinajstić information content (AvgIpc) is 2.78. The summed E-state index contributed by atoms with van der Waals surface area (Å²) in [6, 6.07) is 0. The molecule has 0 N–H and O–H groups in total. The Morgan fingerprint density at radius 2 is 0.719 bits per heavy atom. The fourth-order valence-electron chi connectivity index (χ4n) is 3.68. The lowest BCUT2D eigenvalue weighted by atomic mass is 10.1. The van der Waals surface area contributed by atoms with Crippen molar-refractivity contribution in [2.45, 2.75) is 136 Å². The predicted molar refractivity (Wildman–Crippen MR) is 132 cm³/mol. The molecule has 0 heterocycles. The van der Waals surface area contributed by atoms with E-state index in [1.165, 1.54) is 96.3 Å². The highest BCUT2D eigenvalue weighted by molar-refractivity contribution is 5.73. The van der Waals surface area contributed by atoms with Crippen molar-refractivity contribution in [2.24, 2.45) is 0 Å². The molecule has 0 rings (SSSR count). The highest BCUT2D eigenvalue weighted by atomic mass is 16.6. The van der Waals surface area contributed by atoms with E-state index < -0.39 is 11.9 Å². The van der Waals surface area contributed by atoms with Gasteiger partial charge in [-0.25, -0.2) is 9.59 Å². The molecule has 0 bridgehead atoms. The summed E-state index contributed by atoms with van der Waals surface area (Å²) in [6.45, 7) is 4.95. The highest BCUT2D eigenvalue weighted by Crippen LogP contribution is 2.12. The van der Waals surface area contributed by atoms with E-state index in [0.717, 1.165) is 25.7 Å². The summed E-state index contributed by atoms with van der Waals surface area (Å²) in [6.07, 6.45) is 23.6. The Morgan fingerprint density at radius 1 is 0.438 bits per heavy atom. The first-order valence-electron chi connectivity index (χ1n) is 13.6. The summed E-state index contributed by atoms with van der Waals surface area (Å²) < 4.78 is 15.4. The molecule has 0 unspecified atom stereocenters. The van der Waals surface area contributed by atoms with E-state index in [1.54, 1.807) is 0 Å². The van der Waals surface area contributed by atoms with Crippen LogP contribution in [-0.4, -0.2) is 38.4 Å². The van der Waals surface area contributed by atoms with Crippen LogP contribution in [0.2, 0.25) is 0 Å². The minimum Gasteiger partial charge on any atom is -0.464 e. The van der Waals surface area contributed by atoms with Crippen molar-refractivity contribution in [3.63, 3.8) is 0 Å². The molecule has 0 amide bonds. The van der Waals surface area contributed by atoms with E-state index in [2.05, 4.69) is 13.8 Å². The summed E-state index contributed by atoms with van der Waals surface area (Å²) >= 11 is 0. The zero-order valence-electron chi connectivity index (χ0n) is 21.3. The van der Waals surface area contributed by atoms with Gasteiger partial charge in [-0.05, 0) is 12.8 Å². The van der Waals surface area contributed by atoms with Gasteiger partial charge in [-0.3, -0.25) is 0 Å². The molecule has 0 aromatic rings. The van der Waals surface area contributed by atoms with Crippen LogP contribution in [0.4, 0.5) is 0 Å². The zero-order chi connectivity index (χ0) is 23.5. The van der Waals surface area contributed by atoms with Gasteiger partial charge in [0.1, 0.15) is 13.2 Å². The molecular weight excluding hydrogens is 404 g/mol. The smallest absolute Gasteiger partial charge is 0.332 e. The van der Waals surface area contributed by atoms with Gasteiger partial charge in [0.15, 0.2) is 0 Å². The third-order valence-corrected chi connectivity index (χ3v) is 5.71. The highest BCUT2D eigenvalue weighted by Gasteiger charge is 2.07. The number of esters is 2. The standard InChI is InChI=1S/C27H52O5/c1-3-5-7-9-11-12-13-14-15-17-19-21-23-32-27(29)25-30-24-26(28)31-22-20-18-16-10-8-6-4-2/h3-25H2,1-2H3. The normalized spacial score (nSPS) is 10.9. The Bertz CT molecular complexity index is 411. The van der Waals surface area contributed by atoms with Crippen LogP contribution in [-0.2, 0) is 23.8 Å². The number of unbranched alkanes of at least 4 members (excludes halogenated alkanes) is 17. The maximum Gasteiger partial charge on any atom is 0.332 e. The van der Waals surface area contributed by atoms with Crippen LogP contribution in [0.25, 0.3) is 0 Å². The summed E-state index contributed by atoms with van der Waals surface area (Å²) in [4.78, 5) is 23.2. The van der Waals surface area contributed by atoms with E-state index >= 15 is 0 Å². The zero-order valence-corrected chi connectivity index (χ0v) is 21.3. The molecule has 0 aromatic carbocycles. The van der Waals surface area contributed by atoms with E-state index in [4.69, 9.17) is 14.2 Å². The fourth-order valence-corrected chi connectivity index (χ4v) is 3.68. The van der Waals surface area contributed by atoms with E-state index in [9.17, 15) is 9.59 Å². The third-order valence-electron chi connectivity index (χ3n) is 5.71. The SMILES string of the molecule is CCCCCCCCCCCCCCOC(=O)COCC(=O)OCCCCCCCCC. The van der Waals surface area contributed by atoms with Crippen LogP contribution in [0, 0.1) is 0 Å². The molecule has 0 spiro atoms. The summed E-state index contributed by atoms with van der Waals surface area (Å²) in [5.41, 5.74) is 0. The van der Waals surface area contributed by atoms with Crippen molar-refractivity contribution >= 4 is 11.9 Å². The molecule has 0 saturated heterocycles. The first-order valence-corrected chi connectivity index (χ1v) is 13.6. The van der Waals surface area contributed by atoms with Gasteiger partial charge in [-0.15, -0.1) is 0 Å². The largest absolute Gasteiger partial charge is 0.464 e. The lowest BCUT2D eigenvalue weighted by molar-refractivity contribution is -0.155. The molecule has 0 aliphatic carbocycles. The lowest BCUT2D eigenvalue weighted by Crippen LogP contribution is -2.19. The first kappa shape index (κ1) is 30.9. The van der Waals surface area contributed by atoms with E-state index in [1.807, 2.05) is 0 Å². The minimum atomic E-state index is -0.412. The second kappa shape index (κ2) is 26.2. The lowest BCUT2D eigenvalue weighted by Gasteiger charge is -2.07. The minimum absolute atomic E-state index is 0.190. The maximum absolute atomic E-state index is 11.6. The van der Waals surface area contributed by atoms with Gasteiger partial charge in [0, 0.05) is 0 Å². The van der Waals surface area contributed by atoms with Crippen molar-refractivity contribution < 1.29 is 23.8 Å². The second-order valence-electron chi connectivity index (χ2n) is 8.94. The van der Waals surface area contributed by atoms with Gasteiger partial charge in [-0.2, -0.15) is 0 Å². The van der Waals surface area contributed by atoms with Crippen LogP contribution in [0.3, 0.4) is 0 Å². The van der Waals surface area contributed by atoms with Crippen LogP contribution < -0.4 is 0 Å². The summed E-state index contributed by atoms with van der Waals surface area (Å²) in [5, 5.41) is 0. The number of hydrogen-bond donors (Lipinski definition) is 0. The van der Waals surface area contributed by atoms with Gasteiger partial charge < -0.3 is 14.2 Å². The molecule has 0 aliphatic rings. The molecule has 0 aliphatic heterocycles. The third kappa shape index (κ3) is 25.2. The molecule has 5 nitrogen and oxygen atoms in total.